The van der Waals surface area contributed by atoms with Crippen molar-refractivity contribution in [1.29, 1.82) is 0 Å². The van der Waals surface area contributed by atoms with E-state index in [2.05, 4.69) is 6.07 Å². The Morgan fingerprint density at radius 1 is 1.11 bits per heavy atom. The normalized spacial score (nSPS) is 10.7. The topological polar surface area (TPSA) is 22.4 Å². The van der Waals surface area contributed by atoms with Crippen molar-refractivity contribution in [3.8, 4) is 5.75 Å². The zero-order chi connectivity index (χ0) is 12.4. The molecule has 2 heteroatoms. The lowest BCUT2D eigenvalue weighted by atomic mass is 10.2. The third-order valence-electron chi connectivity index (χ3n) is 2.77. The van der Waals surface area contributed by atoms with E-state index in [1.807, 2.05) is 55.5 Å². The van der Waals surface area contributed by atoms with Crippen molar-refractivity contribution >= 4 is 11.0 Å². The molecule has 0 aliphatic rings. The Labute approximate surface area is 106 Å². The summed E-state index contributed by atoms with van der Waals surface area (Å²) in [5.41, 5.74) is 2.00. The quantitative estimate of drug-likeness (QED) is 0.683. The summed E-state index contributed by atoms with van der Waals surface area (Å²) in [4.78, 5) is 0. The molecule has 0 bridgehead atoms. The van der Waals surface area contributed by atoms with Gasteiger partial charge in [0.05, 0.1) is 0 Å². The summed E-state index contributed by atoms with van der Waals surface area (Å²) in [7, 11) is 0. The highest BCUT2D eigenvalue weighted by atomic mass is 16.5. The number of aryl methyl sites for hydroxylation is 1. The number of fused-ring (bicyclic) bond motifs is 1. The first kappa shape index (κ1) is 10.9. The van der Waals surface area contributed by atoms with Crippen molar-refractivity contribution in [2.24, 2.45) is 0 Å². The molecule has 0 saturated carbocycles. The molecular weight excluding hydrogens is 224 g/mol. The van der Waals surface area contributed by atoms with E-state index in [4.69, 9.17) is 9.15 Å². The summed E-state index contributed by atoms with van der Waals surface area (Å²) >= 11 is 0. The SMILES string of the molecule is Cc1[c]c2cc(OCc3ccccc3)ccc2o1. The Morgan fingerprint density at radius 2 is 1.94 bits per heavy atom. The van der Waals surface area contributed by atoms with Crippen LogP contribution < -0.4 is 4.74 Å². The molecule has 0 saturated heterocycles. The van der Waals surface area contributed by atoms with Crippen LogP contribution in [0.25, 0.3) is 11.0 Å². The Balaban J connectivity index is 1.78. The van der Waals surface area contributed by atoms with Gasteiger partial charge in [-0.1, -0.05) is 30.3 Å². The van der Waals surface area contributed by atoms with Gasteiger partial charge in [-0.3, -0.25) is 0 Å². The van der Waals surface area contributed by atoms with Crippen LogP contribution in [0.4, 0.5) is 0 Å². The van der Waals surface area contributed by atoms with Crippen molar-refractivity contribution in [2.75, 3.05) is 0 Å². The maximum absolute atomic E-state index is 5.75. The summed E-state index contributed by atoms with van der Waals surface area (Å²) < 4.78 is 11.2. The molecule has 0 unspecified atom stereocenters. The van der Waals surface area contributed by atoms with Gasteiger partial charge in [0.2, 0.25) is 0 Å². The number of hydrogen-bond donors (Lipinski definition) is 0. The highest BCUT2D eigenvalue weighted by Crippen LogP contribution is 2.23. The molecule has 0 N–H and O–H groups in total. The molecule has 1 aromatic heterocycles. The molecule has 2 nitrogen and oxygen atoms in total. The molecule has 3 aromatic rings. The van der Waals surface area contributed by atoms with Crippen LogP contribution in [-0.4, -0.2) is 0 Å². The van der Waals surface area contributed by atoms with Gasteiger partial charge in [0.15, 0.2) is 0 Å². The van der Waals surface area contributed by atoms with Crippen molar-refractivity contribution in [2.45, 2.75) is 13.5 Å². The van der Waals surface area contributed by atoms with Crippen LogP contribution in [0.2, 0.25) is 0 Å². The van der Waals surface area contributed by atoms with Gasteiger partial charge >= 0.3 is 0 Å². The maximum Gasteiger partial charge on any atom is 0.135 e. The van der Waals surface area contributed by atoms with Crippen LogP contribution in [0, 0.1) is 13.0 Å². The monoisotopic (exact) mass is 237 g/mol. The van der Waals surface area contributed by atoms with Gasteiger partial charge in [0, 0.05) is 11.5 Å². The number of ether oxygens (including phenoxy) is 1. The van der Waals surface area contributed by atoms with E-state index in [1.165, 1.54) is 0 Å². The van der Waals surface area contributed by atoms with Crippen LogP contribution in [0.5, 0.6) is 5.75 Å². The second-order valence-corrected chi connectivity index (χ2v) is 4.22. The summed E-state index contributed by atoms with van der Waals surface area (Å²) in [5, 5.41) is 0.957. The molecular formula is C16H13O2. The molecule has 0 aliphatic carbocycles. The number of rotatable bonds is 3. The van der Waals surface area contributed by atoms with Gasteiger partial charge in [-0.25, -0.2) is 0 Å². The van der Waals surface area contributed by atoms with Crippen LogP contribution in [0.15, 0.2) is 52.9 Å². The van der Waals surface area contributed by atoms with Gasteiger partial charge in [-0.05, 0) is 30.7 Å². The fourth-order valence-electron chi connectivity index (χ4n) is 1.91. The smallest absolute Gasteiger partial charge is 0.135 e. The highest BCUT2D eigenvalue weighted by molar-refractivity contribution is 5.78. The lowest BCUT2D eigenvalue weighted by Crippen LogP contribution is -1.94. The molecule has 1 heterocycles. The van der Waals surface area contributed by atoms with Crippen LogP contribution in [0.3, 0.4) is 0 Å². The highest BCUT2D eigenvalue weighted by Gasteiger charge is 2.03. The Hall–Kier alpha value is -2.22. The molecule has 0 amide bonds. The Kier molecular flexibility index (Phi) is 2.77. The van der Waals surface area contributed by atoms with E-state index in [9.17, 15) is 0 Å². The van der Waals surface area contributed by atoms with E-state index in [0.717, 1.165) is 28.0 Å². The van der Waals surface area contributed by atoms with Crippen LogP contribution >= 0.6 is 0 Å². The molecule has 0 fully saturated rings. The summed E-state index contributed by atoms with van der Waals surface area (Å²) in [6, 6.07) is 19.1. The molecule has 0 aliphatic heterocycles. The summed E-state index contributed by atoms with van der Waals surface area (Å²) in [6.07, 6.45) is 0. The van der Waals surface area contributed by atoms with Crippen molar-refractivity contribution < 1.29 is 9.15 Å². The minimum Gasteiger partial charge on any atom is -0.489 e. The molecule has 18 heavy (non-hydrogen) atoms. The zero-order valence-electron chi connectivity index (χ0n) is 10.1. The third kappa shape index (κ3) is 2.23. The number of furan rings is 1. The lowest BCUT2D eigenvalue weighted by Gasteiger charge is -2.05. The van der Waals surface area contributed by atoms with E-state index in [1.54, 1.807) is 0 Å². The Morgan fingerprint density at radius 3 is 2.78 bits per heavy atom. The third-order valence-corrected chi connectivity index (χ3v) is 2.77. The predicted octanol–water partition coefficient (Wildman–Crippen LogP) is 4.12. The number of benzene rings is 2. The second kappa shape index (κ2) is 4.57. The molecule has 0 spiro atoms. The largest absolute Gasteiger partial charge is 0.489 e. The van der Waals surface area contributed by atoms with Crippen molar-refractivity contribution in [3.05, 3.63) is 65.9 Å². The van der Waals surface area contributed by atoms with E-state index < -0.39 is 0 Å². The van der Waals surface area contributed by atoms with Gasteiger partial charge in [-0.15, -0.1) is 0 Å². The fourth-order valence-corrected chi connectivity index (χ4v) is 1.91. The minimum atomic E-state index is 0.573. The minimum absolute atomic E-state index is 0.573. The average Bonchev–Trinajstić information content (AvgIpc) is 2.77. The average molecular weight is 237 g/mol. The van der Waals surface area contributed by atoms with Gasteiger partial charge < -0.3 is 9.15 Å². The summed E-state index contributed by atoms with van der Waals surface area (Å²) in [5.74, 6) is 1.63. The first-order valence-electron chi connectivity index (χ1n) is 5.90. The predicted molar refractivity (Wildman–Crippen MR) is 70.6 cm³/mol. The first-order valence-corrected chi connectivity index (χ1v) is 5.90. The number of hydrogen-bond acceptors (Lipinski definition) is 2. The second-order valence-electron chi connectivity index (χ2n) is 4.22. The fraction of sp³-hybridized carbons (Fsp3) is 0.125. The van der Waals surface area contributed by atoms with Gasteiger partial charge in [0.1, 0.15) is 23.7 Å². The van der Waals surface area contributed by atoms with E-state index >= 15 is 0 Å². The van der Waals surface area contributed by atoms with Crippen molar-refractivity contribution in [3.63, 3.8) is 0 Å². The molecule has 0 atom stereocenters. The standard InChI is InChI=1S/C16H13O2/c1-12-9-14-10-15(7-8-16(14)18-12)17-11-13-5-3-2-4-6-13/h2-8,10H,11H2,1H3. The molecule has 89 valence electrons. The molecule has 1 radical (unpaired) electrons. The van der Waals surface area contributed by atoms with E-state index in [0.29, 0.717) is 6.61 Å². The van der Waals surface area contributed by atoms with Crippen LogP contribution in [-0.2, 0) is 6.61 Å². The van der Waals surface area contributed by atoms with Crippen molar-refractivity contribution in [1.82, 2.24) is 0 Å². The van der Waals surface area contributed by atoms with Crippen LogP contribution in [0.1, 0.15) is 11.3 Å². The van der Waals surface area contributed by atoms with Gasteiger partial charge in [0.25, 0.3) is 0 Å². The molecule has 2 aromatic carbocycles. The lowest BCUT2D eigenvalue weighted by molar-refractivity contribution is 0.306. The zero-order valence-corrected chi connectivity index (χ0v) is 10.1. The molecule has 3 rings (SSSR count). The van der Waals surface area contributed by atoms with E-state index in [-0.39, 0.29) is 0 Å². The van der Waals surface area contributed by atoms with Gasteiger partial charge in [-0.2, -0.15) is 0 Å². The Bertz CT molecular complexity index is 653. The first-order chi connectivity index (χ1) is 8.81. The maximum atomic E-state index is 5.75. The summed E-state index contributed by atoms with van der Waals surface area (Å²) in [6.45, 7) is 2.47.